The van der Waals surface area contributed by atoms with Gasteiger partial charge in [0, 0.05) is 7.11 Å². The molecule has 5 atom stereocenters. The van der Waals surface area contributed by atoms with Crippen molar-refractivity contribution < 1.29 is 28.5 Å². The average molecular weight is 272 g/mol. The number of hydrogen-bond donors (Lipinski definition) is 0. The molecule has 0 unspecified atom stereocenters. The third-order valence-corrected chi connectivity index (χ3v) is 3.97. The summed E-state index contributed by atoms with van der Waals surface area (Å²) in [6.45, 7) is 5.87. The smallest absolute Gasteiger partial charge is 0.312 e. The second-order valence-corrected chi connectivity index (χ2v) is 5.71. The molecule has 0 aromatic carbocycles. The van der Waals surface area contributed by atoms with E-state index in [0.29, 0.717) is 13.0 Å². The molecule has 0 aromatic rings. The predicted molar refractivity (Wildman–Crippen MR) is 63.2 cm³/mol. The van der Waals surface area contributed by atoms with Crippen LogP contribution in [0.2, 0.25) is 0 Å². The third kappa shape index (κ3) is 1.89. The molecule has 2 saturated heterocycles. The first-order valence-electron chi connectivity index (χ1n) is 6.66. The van der Waals surface area contributed by atoms with Crippen molar-refractivity contribution in [1.82, 2.24) is 0 Å². The van der Waals surface area contributed by atoms with Gasteiger partial charge in [-0.2, -0.15) is 0 Å². The summed E-state index contributed by atoms with van der Waals surface area (Å²) in [6, 6.07) is 0. The van der Waals surface area contributed by atoms with Crippen LogP contribution in [0.3, 0.4) is 0 Å². The number of hydrogen-bond acceptors (Lipinski definition) is 6. The monoisotopic (exact) mass is 272 g/mol. The molecule has 3 rings (SSSR count). The van der Waals surface area contributed by atoms with Gasteiger partial charge in [0.05, 0.1) is 12.5 Å². The lowest BCUT2D eigenvalue weighted by Crippen LogP contribution is -2.34. The summed E-state index contributed by atoms with van der Waals surface area (Å²) >= 11 is 0. The SMILES string of the molecule is CCOC(=O)[C@@H]1C[C@]12O[C@@H](OC)[C@@H]1OC(C)(C)O[C@@H]12. The van der Waals surface area contributed by atoms with Crippen LogP contribution in [0.5, 0.6) is 0 Å². The van der Waals surface area contributed by atoms with Crippen LogP contribution >= 0.6 is 0 Å². The molecule has 108 valence electrons. The minimum absolute atomic E-state index is 0.230. The van der Waals surface area contributed by atoms with E-state index in [1.807, 2.05) is 13.8 Å². The van der Waals surface area contributed by atoms with Crippen LogP contribution in [-0.4, -0.2) is 49.6 Å². The minimum atomic E-state index is -0.676. The van der Waals surface area contributed by atoms with E-state index in [1.165, 1.54) is 0 Å². The number of carbonyl (C=O) groups excluding carboxylic acids is 1. The van der Waals surface area contributed by atoms with Crippen molar-refractivity contribution in [2.75, 3.05) is 13.7 Å². The molecule has 0 aromatic heterocycles. The Morgan fingerprint density at radius 2 is 2.05 bits per heavy atom. The second kappa shape index (κ2) is 4.15. The molecular formula is C13H20O6. The number of methoxy groups -OCH3 is 1. The Labute approximate surface area is 112 Å². The fourth-order valence-corrected chi connectivity index (χ4v) is 3.13. The highest BCUT2D eigenvalue weighted by Gasteiger charge is 2.76. The van der Waals surface area contributed by atoms with Gasteiger partial charge in [-0.15, -0.1) is 0 Å². The van der Waals surface area contributed by atoms with Gasteiger partial charge in [0.2, 0.25) is 0 Å². The lowest BCUT2D eigenvalue weighted by molar-refractivity contribution is -0.235. The predicted octanol–water partition coefficient (Wildman–Crippen LogP) is 0.831. The fourth-order valence-electron chi connectivity index (χ4n) is 3.13. The van der Waals surface area contributed by atoms with Gasteiger partial charge in [-0.25, -0.2) is 0 Å². The maximum Gasteiger partial charge on any atom is 0.312 e. The fraction of sp³-hybridized carbons (Fsp3) is 0.923. The van der Waals surface area contributed by atoms with Crippen LogP contribution in [-0.2, 0) is 28.5 Å². The summed E-state index contributed by atoms with van der Waals surface area (Å²) < 4.78 is 28.0. The van der Waals surface area contributed by atoms with Gasteiger partial charge in [-0.05, 0) is 27.2 Å². The first-order chi connectivity index (χ1) is 8.93. The zero-order valence-electron chi connectivity index (χ0n) is 11.7. The van der Waals surface area contributed by atoms with E-state index in [2.05, 4.69) is 0 Å². The Kier molecular flexibility index (Phi) is 2.91. The molecule has 1 spiro atoms. The average Bonchev–Trinajstić information content (AvgIpc) is 2.89. The molecule has 1 saturated carbocycles. The Morgan fingerprint density at radius 3 is 2.68 bits per heavy atom. The first-order valence-corrected chi connectivity index (χ1v) is 6.66. The van der Waals surface area contributed by atoms with Crippen molar-refractivity contribution in [2.24, 2.45) is 5.92 Å². The van der Waals surface area contributed by atoms with Gasteiger partial charge >= 0.3 is 5.97 Å². The summed E-state index contributed by atoms with van der Waals surface area (Å²) in [6.07, 6.45) is -0.459. The molecule has 0 amide bonds. The Hall–Kier alpha value is -0.690. The molecule has 1 aliphatic carbocycles. The minimum Gasteiger partial charge on any atom is -0.466 e. The number of rotatable bonds is 3. The van der Waals surface area contributed by atoms with Gasteiger partial charge in [0.25, 0.3) is 0 Å². The largest absolute Gasteiger partial charge is 0.466 e. The van der Waals surface area contributed by atoms with E-state index < -0.39 is 17.7 Å². The number of esters is 1. The highest BCUT2D eigenvalue weighted by atomic mass is 16.8. The Bertz CT molecular complexity index is 395. The van der Waals surface area contributed by atoms with Crippen molar-refractivity contribution in [1.29, 1.82) is 0 Å². The number of ether oxygens (including phenoxy) is 5. The molecule has 2 heterocycles. The van der Waals surface area contributed by atoms with Crippen molar-refractivity contribution >= 4 is 5.97 Å². The lowest BCUT2D eigenvalue weighted by atomic mass is 10.1. The van der Waals surface area contributed by atoms with E-state index in [1.54, 1.807) is 14.0 Å². The van der Waals surface area contributed by atoms with Gasteiger partial charge in [0.15, 0.2) is 12.1 Å². The van der Waals surface area contributed by atoms with Crippen LogP contribution in [0.15, 0.2) is 0 Å². The van der Waals surface area contributed by atoms with Crippen molar-refractivity contribution in [3.8, 4) is 0 Å². The van der Waals surface area contributed by atoms with Crippen molar-refractivity contribution in [3.63, 3.8) is 0 Å². The highest BCUT2D eigenvalue weighted by Crippen LogP contribution is 2.60. The summed E-state index contributed by atoms with van der Waals surface area (Å²) in [4.78, 5) is 11.9. The maximum atomic E-state index is 11.9. The summed E-state index contributed by atoms with van der Waals surface area (Å²) in [7, 11) is 1.57. The molecule has 0 N–H and O–H groups in total. The van der Waals surface area contributed by atoms with E-state index in [-0.39, 0.29) is 24.1 Å². The molecule has 0 radical (unpaired) electrons. The zero-order chi connectivity index (χ0) is 13.8. The molecular weight excluding hydrogens is 252 g/mol. The molecule has 3 fully saturated rings. The highest BCUT2D eigenvalue weighted by molar-refractivity contribution is 5.78. The quantitative estimate of drug-likeness (QED) is 0.709. The molecule has 6 heteroatoms. The van der Waals surface area contributed by atoms with E-state index in [0.717, 1.165) is 0 Å². The molecule has 2 aliphatic heterocycles. The van der Waals surface area contributed by atoms with Crippen LogP contribution < -0.4 is 0 Å². The summed E-state index contributed by atoms with van der Waals surface area (Å²) in [5.74, 6) is -1.19. The second-order valence-electron chi connectivity index (χ2n) is 5.71. The molecule has 19 heavy (non-hydrogen) atoms. The van der Waals surface area contributed by atoms with Crippen molar-refractivity contribution in [2.45, 2.75) is 57.1 Å². The van der Waals surface area contributed by atoms with Gasteiger partial charge in [-0.1, -0.05) is 0 Å². The topological polar surface area (TPSA) is 63.2 Å². The molecule has 3 aliphatic rings. The normalized spacial score (nSPS) is 46.3. The van der Waals surface area contributed by atoms with Gasteiger partial charge in [-0.3, -0.25) is 4.79 Å². The van der Waals surface area contributed by atoms with Crippen LogP contribution in [0.4, 0.5) is 0 Å². The van der Waals surface area contributed by atoms with E-state index in [9.17, 15) is 4.79 Å². The summed E-state index contributed by atoms with van der Waals surface area (Å²) in [5, 5.41) is 0. The van der Waals surface area contributed by atoms with Gasteiger partial charge < -0.3 is 23.7 Å². The number of carbonyl (C=O) groups is 1. The lowest BCUT2D eigenvalue weighted by Gasteiger charge is -2.23. The van der Waals surface area contributed by atoms with E-state index in [4.69, 9.17) is 23.7 Å². The van der Waals surface area contributed by atoms with Gasteiger partial charge in [0.1, 0.15) is 17.8 Å². The Morgan fingerprint density at radius 1 is 1.32 bits per heavy atom. The maximum absolute atomic E-state index is 11.9. The standard InChI is InChI=1S/C13H20O6/c1-5-16-10(14)7-6-13(7)9-8(11(15-4)19-13)17-12(2,3)18-9/h7-9,11H,5-6H2,1-4H3/t7-,8+,9-,11+,13-/m0/s1. The third-order valence-electron chi connectivity index (χ3n) is 3.97. The van der Waals surface area contributed by atoms with Crippen molar-refractivity contribution in [3.05, 3.63) is 0 Å². The Balaban J connectivity index is 1.79. The van der Waals surface area contributed by atoms with Crippen LogP contribution in [0, 0.1) is 5.92 Å². The van der Waals surface area contributed by atoms with E-state index >= 15 is 0 Å². The number of fused-ring (bicyclic) bond motifs is 2. The van der Waals surface area contributed by atoms with Crippen LogP contribution in [0.1, 0.15) is 27.2 Å². The van der Waals surface area contributed by atoms with Crippen LogP contribution in [0.25, 0.3) is 0 Å². The molecule has 0 bridgehead atoms. The summed E-state index contributed by atoms with van der Waals surface area (Å²) in [5.41, 5.74) is -0.634. The first kappa shape index (κ1) is 13.3. The molecule has 6 nitrogen and oxygen atoms in total. The zero-order valence-corrected chi connectivity index (χ0v) is 11.7.